The zero-order valence-electron chi connectivity index (χ0n) is 19.0. The van der Waals surface area contributed by atoms with Crippen molar-refractivity contribution in [1.29, 1.82) is 0 Å². The summed E-state index contributed by atoms with van der Waals surface area (Å²) in [6.07, 6.45) is 3.07. The molecule has 0 aliphatic rings. The number of hydrogen-bond acceptors (Lipinski definition) is 5. The van der Waals surface area contributed by atoms with Gasteiger partial charge in [0.15, 0.2) is 9.04 Å². The Morgan fingerprint density at radius 1 is 1.16 bits per heavy atom. The van der Waals surface area contributed by atoms with Crippen molar-refractivity contribution in [3.05, 3.63) is 69.5 Å². The fourth-order valence-corrected chi connectivity index (χ4v) is 3.84. The average Bonchev–Trinajstić information content (AvgIpc) is 2.69. The molecule has 1 aromatic carbocycles. The van der Waals surface area contributed by atoms with Crippen molar-refractivity contribution in [2.24, 2.45) is 0 Å². The van der Waals surface area contributed by atoms with Crippen LogP contribution in [0.3, 0.4) is 0 Å². The van der Waals surface area contributed by atoms with Crippen molar-refractivity contribution in [3.63, 3.8) is 0 Å². The van der Waals surface area contributed by atoms with E-state index >= 15 is 0 Å². The number of carbonyl (C=O) groups excluding carboxylic acids is 2. The molecule has 0 bridgehead atoms. The number of carbonyl (C=O) groups is 2. The van der Waals surface area contributed by atoms with Gasteiger partial charge in [0.1, 0.15) is 10.7 Å². The lowest BCUT2D eigenvalue weighted by Crippen LogP contribution is -2.19. The number of rotatable bonds is 8. The summed E-state index contributed by atoms with van der Waals surface area (Å²) < 4.78 is 11.2. The Bertz CT molecular complexity index is 980. The van der Waals surface area contributed by atoms with E-state index in [0.717, 1.165) is 16.7 Å². The number of halogens is 1. The minimum absolute atomic E-state index is 0.0421. The Kier molecular flexibility index (Phi) is 8.74. The topological polar surface area (TPSA) is 65.5 Å². The summed E-state index contributed by atoms with van der Waals surface area (Å²) in [6, 6.07) is 9.02. The second kappa shape index (κ2) is 10.8. The number of ether oxygens (including phenoxy) is 1. The van der Waals surface area contributed by atoms with Crippen molar-refractivity contribution in [1.82, 2.24) is 4.98 Å². The molecule has 166 valence electrons. The number of esters is 1. The number of benzene rings is 1. The lowest BCUT2D eigenvalue weighted by atomic mass is 9.82. The lowest BCUT2D eigenvalue weighted by Gasteiger charge is -2.25. The van der Waals surface area contributed by atoms with Crippen LogP contribution in [0.15, 0.2) is 42.1 Å². The van der Waals surface area contributed by atoms with Crippen molar-refractivity contribution < 1.29 is 18.8 Å². The summed E-state index contributed by atoms with van der Waals surface area (Å²) in [5.74, 6) is -1.22. The van der Waals surface area contributed by atoms with Crippen LogP contribution in [0.25, 0.3) is 6.08 Å². The van der Waals surface area contributed by atoms with Gasteiger partial charge in [0.2, 0.25) is 5.78 Å². The smallest absolute Gasteiger partial charge is 0.342 e. The Morgan fingerprint density at radius 2 is 1.87 bits per heavy atom. The molecule has 0 amide bonds. The van der Waals surface area contributed by atoms with E-state index in [4.69, 9.17) is 20.8 Å². The van der Waals surface area contributed by atoms with Crippen molar-refractivity contribution >= 4 is 38.5 Å². The molecule has 0 radical (unpaired) electrons. The molecule has 2 rings (SSSR count). The van der Waals surface area contributed by atoms with Gasteiger partial charge in [-0.3, -0.25) is 4.79 Å². The Balaban J connectivity index is 2.67. The second-order valence-electron chi connectivity index (χ2n) is 8.43. The number of ketones is 1. The minimum Gasteiger partial charge on any atom is -0.462 e. The van der Waals surface area contributed by atoms with Gasteiger partial charge in [-0.25, -0.2) is 9.78 Å². The van der Waals surface area contributed by atoms with E-state index in [9.17, 15) is 9.59 Å². The summed E-state index contributed by atoms with van der Waals surface area (Å²) in [5.41, 5.74) is 2.74. The van der Waals surface area contributed by atoms with E-state index in [1.807, 2.05) is 12.1 Å². The first kappa shape index (κ1) is 25.0. The van der Waals surface area contributed by atoms with Gasteiger partial charge in [0.05, 0.1) is 18.8 Å². The van der Waals surface area contributed by atoms with E-state index in [2.05, 4.69) is 44.9 Å². The molecule has 0 N–H and O–H groups in total. The third-order valence-electron chi connectivity index (χ3n) is 4.62. The van der Waals surface area contributed by atoms with E-state index in [1.54, 1.807) is 25.1 Å². The highest BCUT2D eigenvalue weighted by Crippen LogP contribution is 2.30. The third kappa shape index (κ3) is 6.60. The van der Waals surface area contributed by atoms with Gasteiger partial charge < -0.3 is 9.16 Å². The third-order valence-corrected chi connectivity index (χ3v) is 5.76. The molecular weight excluding hydrogens is 430 g/mol. The molecule has 1 aromatic heterocycles. The molecule has 0 saturated carbocycles. The number of hydrogen-bond donors (Lipinski definition) is 0. The van der Waals surface area contributed by atoms with Gasteiger partial charge in [0.25, 0.3) is 0 Å². The highest BCUT2D eigenvalue weighted by atomic mass is 35.5. The van der Waals surface area contributed by atoms with Crippen LogP contribution < -0.4 is 0 Å². The number of nitrogens with zero attached hydrogens (tertiary/aromatic N) is 1. The first-order chi connectivity index (χ1) is 14.6. The molecule has 0 saturated heterocycles. The van der Waals surface area contributed by atoms with Crippen LogP contribution in [0.5, 0.6) is 0 Å². The maximum atomic E-state index is 13.2. The largest absolute Gasteiger partial charge is 0.462 e. The first-order valence-electron chi connectivity index (χ1n) is 10.3. The molecule has 0 unspecified atom stereocenters. The van der Waals surface area contributed by atoms with E-state index in [-0.39, 0.29) is 28.3 Å². The lowest BCUT2D eigenvalue weighted by molar-refractivity contribution is -0.137. The molecule has 7 heteroatoms. The molecule has 31 heavy (non-hydrogen) atoms. The summed E-state index contributed by atoms with van der Waals surface area (Å²) in [7, 11) is -1.28. The van der Waals surface area contributed by atoms with Gasteiger partial charge in [0, 0.05) is 6.20 Å². The summed E-state index contributed by atoms with van der Waals surface area (Å²) >= 11 is 6.12. The maximum Gasteiger partial charge on any atom is 0.342 e. The predicted octanol–water partition coefficient (Wildman–Crippen LogP) is 5.36. The molecule has 2 aromatic rings. The highest BCUT2D eigenvalue weighted by molar-refractivity contribution is 6.48. The molecule has 0 spiro atoms. The zero-order chi connectivity index (χ0) is 23.2. The average molecular weight is 460 g/mol. The van der Waals surface area contributed by atoms with Gasteiger partial charge >= 0.3 is 5.97 Å². The van der Waals surface area contributed by atoms with E-state index in [1.165, 1.54) is 6.20 Å². The first-order valence-corrected chi connectivity index (χ1v) is 13.5. The van der Waals surface area contributed by atoms with Crippen LogP contribution >= 0.6 is 11.6 Å². The summed E-state index contributed by atoms with van der Waals surface area (Å²) in [6.45, 7) is 12.9. The maximum absolute atomic E-state index is 13.2. The normalized spacial score (nSPS) is 12.2. The van der Waals surface area contributed by atoms with Crippen molar-refractivity contribution in [2.45, 2.75) is 52.8 Å². The molecule has 0 fully saturated rings. The molecular formula is C24H30ClNO4Si. The van der Waals surface area contributed by atoms with Gasteiger partial charge in [-0.1, -0.05) is 50.6 Å². The molecule has 5 nitrogen and oxygen atoms in total. The SMILES string of the molecule is CCOC(=O)/C(=C/c1cccc(C(C)(C)C)c1CO[SiH](C)C)C(=O)c1cccnc1Cl. The minimum atomic E-state index is -1.28. The summed E-state index contributed by atoms with van der Waals surface area (Å²) in [4.78, 5) is 29.9. The number of pyridine rings is 1. The van der Waals surface area contributed by atoms with E-state index in [0.29, 0.717) is 6.61 Å². The van der Waals surface area contributed by atoms with E-state index < -0.39 is 20.8 Å². The molecule has 0 atom stereocenters. The zero-order valence-corrected chi connectivity index (χ0v) is 20.9. The fourth-order valence-electron chi connectivity index (χ4n) is 3.14. The fraction of sp³-hybridized carbons (Fsp3) is 0.375. The monoisotopic (exact) mass is 459 g/mol. The van der Waals surface area contributed by atoms with Crippen LogP contribution in [-0.2, 0) is 26.0 Å². The van der Waals surface area contributed by atoms with Crippen LogP contribution in [0.4, 0.5) is 0 Å². The van der Waals surface area contributed by atoms with Crippen LogP contribution in [0.1, 0.15) is 54.7 Å². The highest BCUT2D eigenvalue weighted by Gasteiger charge is 2.25. The van der Waals surface area contributed by atoms with Crippen molar-refractivity contribution in [2.75, 3.05) is 6.61 Å². The number of aromatic nitrogens is 1. The van der Waals surface area contributed by atoms with Gasteiger partial charge in [-0.15, -0.1) is 0 Å². The number of Topliss-reactive ketones (excluding diaryl/α,β-unsaturated/α-hetero) is 1. The Morgan fingerprint density at radius 3 is 2.45 bits per heavy atom. The molecule has 0 aliphatic heterocycles. The molecule has 1 heterocycles. The van der Waals surface area contributed by atoms with Crippen LogP contribution in [0, 0.1) is 0 Å². The molecule has 0 aliphatic carbocycles. The van der Waals surface area contributed by atoms with Crippen molar-refractivity contribution in [3.8, 4) is 0 Å². The van der Waals surface area contributed by atoms with Gasteiger partial charge in [-0.2, -0.15) is 0 Å². The Labute approximate surface area is 191 Å². The van der Waals surface area contributed by atoms with Gasteiger partial charge in [-0.05, 0) is 60.3 Å². The van der Waals surface area contributed by atoms with Crippen LogP contribution in [-0.4, -0.2) is 32.4 Å². The second-order valence-corrected chi connectivity index (χ2v) is 11.2. The quantitative estimate of drug-likeness (QED) is 0.101. The van der Waals surface area contributed by atoms with Crippen LogP contribution in [0.2, 0.25) is 18.2 Å². The standard InChI is InChI=1S/C24H30ClNO4Si/c1-7-29-23(28)18(21(27)17-11-9-13-26-22(17)25)14-16-10-8-12-20(24(2,3)4)19(16)15-30-31(5)6/h8-14,31H,7,15H2,1-6H3/b18-14+. The predicted molar refractivity (Wildman–Crippen MR) is 127 cm³/mol. The Hall–Kier alpha value is -2.28. The summed E-state index contributed by atoms with van der Waals surface area (Å²) in [5, 5.41) is 0.0421.